The van der Waals surface area contributed by atoms with Crippen molar-refractivity contribution in [2.75, 3.05) is 19.8 Å². The zero-order chi connectivity index (χ0) is 9.29. The van der Waals surface area contributed by atoms with Crippen LogP contribution < -0.4 is 0 Å². The minimum absolute atomic E-state index is 0.480. The summed E-state index contributed by atoms with van der Waals surface area (Å²) in [5.74, 6) is 5.78. The molecule has 0 bridgehead atoms. The average molecular weight is 192 g/mol. The van der Waals surface area contributed by atoms with Gasteiger partial charge in [0.1, 0.15) is 0 Å². The lowest BCUT2D eigenvalue weighted by atomic mass is 8.92. The summed E-state index contributed by atoms with van der Waals surface area (Å²) in [6.45, 7) is 4.49. The topological polar surface area (TPSA) is 29.5 Å². The largest absolute Gasteiger partial charge is 0.396 e. The van der Waals surface area contributed by atoms with Crippen LogP contribution in [0.5, 0.6) is 0 Å². The Labute approximate surface area is 83.6 Å². The van der Waals surface area contributed by atoms with Crippen molar-refractivity contribution in [2.24, 2.45) is 46.3 Å². The SMILES string of the molecule is CCOCC12C3C4C1C1C2C3C41CO. The lowest BCUT2D eigenvalue weighted by molar-refractivity contribution is -0.663. The number of aliphatic hydroxyl groups excluding tert-OH is 1. The van der Waals surface area contributed by atoms with Crippen LogP contribution in [-0.2, 0) is 4.74 Å². The van der Waals surface area contributed by atoms with Crippen molar-refractivity contribution in [2.45, 2.75) is 6.92 Å². The van der Waals surface area contributed by atoms with Crippen LogP contribution in [0.25, 0.3) is 0 Å². The van der Waals surface area contributed by atoms with E-state index in [-0.39, 0.29) is 0 Å². The first-order valence-corrected chi connectivity index (χ1v) is 6.04. The Morgan fingerprint density at radius 1 is 1.00 bits per heavy atom. The third kappa shape index (κ3) is 0.308. The van der Waals surface area contributed by atoms with E-state index in [1.165, 1.54) is 0 Å². The van der Waals surface area contributed by atoms with E-state index in [9.17, 15) is 5.11 Å². The molecule has 0 saturated heterocycles. The molecular weight excluding hydrogens is 176 g/mol. The Morgan fingerprint density at radius 2 is 1.50 bits per heavy atom. The normalized spacial score (nSPS) is 77.6. The Morgan fingerprint density at radius 3 is 1.93 bits per heavy atom. The molecule has 2 heteroatoms. The molecule has 0 aromatic rings. The molecule has 6 aliphatic carbocycles. The van der Waals surface area contributed by atoms with Gasteiger partial charge >= 0.3 is 0 Å². The van der Waals surface area contributed by atoms with Gasteiger partial charge in [-0.3, -0.25) is 0 Å². The van der Waals surface area contributed by atoms with Gasteiger partial charge in [-0.15, -0.1) is 0 Å². The van der Waals surface area contributed by atoms with Crippen LogP contribution in [-0.4, -0.2) is 24.9 Å². The third-order valence-corrected chi connectivity index (χ3v) is 6.88. The van der Waals surface area contributed by atoms with E-state index < -0.39 is 0 Å². The van der Waals surface area contributed by atoms with Crippen LogP contribution in [0.3, 0.4) is 0 Å². The molecule has 0 aromatic heterocycles. The Bertz CT molecular complexity index is 295. The number of hydrogen-bond acceptors (Lipinski definition) is 2. The molecule has 0 spiro atoms. The van der Waals surface area contributed by atoms with Crippen LogP contribution in [0.2, 0.25) is 0 Å². The van der Waals surface area contributed by atoms with Crippen molar-refractivity contribution >= 4 is 0 Å². The fourth-order valence-electron chi connectivity index (χ4n) is 6.86. The molecule has 0 unspecified atom stereocenters. The van der Waals surface area contributed by atoms with Gasteiger partial charge in [-0.1, -0.05) is 0 Å². The van der Waals surface area contributed by atoms with Gasteiger partial charge in [0.05, 0.1) is 6.61 Å². The van der Waals surface area contributed by atoms with Crippen LogP contribution in [0, 0.1) is 46.3 Å². The highest BCUT2D eigenvalue weighted by Gasteiger charge is 3.09. The monoisotopic (exact) mass is 192 g/mol. The molecule has 1 N–H and O–H groups in total. The zero-order valence-corrected chi connectivity index (χ0v) is 8.44. The smallest absolute Gasteiger partial charge is 0.0530 e. The van der Waals surface area contributed by atoms with Gasteiger partial charge in [0.2, 0.25) is 0 Å². The van der Waals surface area contributed by atoms with E-state index in [0.29, 0.717) is 17.4 Å². The standard InChI is InChI=1S/C12H16O2/c1-2-14-4-12-8-5-9(12)7-10(12)6(8)11(5,7)3-13/h5-10,13H,2-4H2,1H3. The van der Waals surface area contributed by atoms with Gasteiger partial charge in [0, 0.05) is 24.0 Å². The quantitative estimate of drug-likeness (QED) is 0.712. The molecular formula is C12H16O2. The van der Waals surface area contributed by atoms with Crippen LogP contribution in [0.1, 0.15) is 6.92 Å². The average Bonchev–Trinajstić information content (AvgIpc) is 2.26. The van der Waals surface area contributed by atoms with Gasteiger partial charge in [-0.25, -0.2) is 0 Å². The second-order valence-electron chi connectivity index (χ2n) is 6.17. The van der Waals surface area contributed by atoms with Gasteiger partial charge in [0.25, 0.3) is 0 Å². The summed E-state index contributed by atoms with van der Waals surface area (Å²) in [6, 6.07) is 0. The van der Waals surface area contributed by atoms with E-state index in [4.69, 9.17) is 4.74 Å². The van der Waals surface area contributed by atoms with E-state index in [1.54, 1.807) is 0 Å². The van der Waals surface area contributed by atoms with E-state index in [1.807, 2.05) is 0 Å². The molecule has 0 atom stereocenters. The van der Waals surface area contributed by atoms with E-state index in [2.05, 4.69) is 6.92 Å². The van der Waals surface area contributed by atoms with E-state index >= 15 is 0 Å². The number of hydrogen-bond donors (Lipinski definition) is 1. The molecule has 14 heavy (non-hydrogen) atoms. The van der Waals surface area contributed by atoms with E-state index in [0.717, 1.165) is 48.7 Å². The highest BCUT2D eigenvalue weighted by atomic mass is 16.5. The Balaban J connectivity index is 1.46. The maximum Gasteiger partial charge on any atom is 0.0530 e. The number of rotatable bonds is 4. The zero-order valence-electron chi connectivity index (χ0n) is 8.44. The molecule has 76 valence electrons. The van der Waals surface area contributed by atoms with Crippen molar-refractivity contribution in [3.63, 3.8) is 0 Å². The predicted molar refractivity (Wildman–Crippen MR) is 49.4 cm³/mol. The molecule has 0 amide bonds. The molecule has 2 nitrogen and oxygen atoms in total. The first kappa shape index (κ1) is 7.24. The van der Waals surface area contributed by atoms with Crippen molar-refractivity contribution in [1.29, 1.82) is 0 Å². The van der Waals surface area contributed by atoms with Crippen molar-refractivity contribution in [3.05, 3.63) is 0 Å². The summed E-state index contributed by atoms with van der Waals surface area (Å²) < 4.78 is 5.65. The molecule has 6 aliphatic rings. The first-order chi connectivity index (χ1) is 6.85. The first-order valence-electron chi connectivity index (χ1n) is 6.04. The molecule has 0 heterocycles. The molecule has 6 fully saturated rings. The van der Waals surface area contributed by atoms with Gasteiger partial charge in [-0.2, -0.15) is 0 Å². The third-order valence-electron chi connectivity index (χ3n) is 6.88. The van der Waals surface area contributed by atoms with Crippen LogP contribution in [0.15, 0.2) is 0 Å². The second kappa shape index (κ2) is 1.60. The minimum atomic E-state index is 0.480. The van der Waals surface area contributed by atoms with Crippen molar-refractivity contribution in [3.8, 4) is 0 Å². The minimum Gasteiger partial charge on any atom is -0.396 e. The Hall–Kier alpha value is -0.0800. The molecule has 0 aromatic carbocycles. The predicted octanol–water partition coefficient (Wildman–Crippen LogP) is 0.753. The van der Waals surface area contributed by atoms with Crippen molar-refractivity contribution in [1.82, 2.24) is 0 Å². The molecule has 6 saturated carbocycles. The maximum atomic E-state index is 9.45. The fourth-order valence-corrected chi connectivity index (χ4v) is 6.86. The number of aliphatic hydroxyl groups is 1. The maximum absolute atomic E-state index is 9.45. The van der Waals surface area contributed by atoms with Crippen LogP contribution in [0.4, 0.5) is 0 Å². The summed E-state index contributed by atoms with van der Waals surface area (Å²) in [5, 5.41) is 9.45. The highest BCUT2D eigenvalue weighted by molar-refractivity contribution is 5.54. The lowest BCUT2D eigenvalue weighted by Crippen LogP contribution is -3.10. The summed E-state index contributed by atoms with van der Waals surface area (Å²) >= 11 is 0. The number of ether oxygens (including phenoxy) is 1. The second-order valence-corrected chi connectivity index (χ2v) is 6.17. The Kier molecular flexibility index (Phi) is 0.825. The van der Waals surface area contributed by atoms with Crippen LogP contribution >= 0.6 is 0 Å². The summed E-state index contributed by atoms with van der Waals surface area (Å²) in [6.07, 6.45) is 0. The van der Waals surface area contributed by atoms with Gasteiger partial charge < -0.3 is 9.84 Å². The van der Waals surface area contributed by atoms with Gasteiger partial charge in [0.15, 0.2) is 0 Å². The molecule has 0 aliphatic heterocycles. The summed E-state index contributed by atoms with van der Waals surface area (Å²) in [7, 11) is 0. The summed E-state index contributed by atoms with van der Waals surface area (Å²) in [5.41, 5.74) is 1.14. The lowest BCUT2D eigenvalue weighted by Gasteiger charge is -3.11. The molecule has 6 rings (SSSR count). The summed E-state index contributed by atoms with van der Waals surface area (Å²) in [4.78, 5) is 0. The van der Waals surface area contributed by atoms with Gasteiger partial charge in [-0.05, 0) is 42.4 Å². The van der Waals surface area contributed by atoms with Crippen molar-refractivity contribution < 1.29 is 9.84 Å². The highest BCUT2D eigenvalue weighted by Crippen LogP contribution is 3.10. The molecule has 0 radical (unpaired) electrons. The fraction of sp³-hybridized carbons (Fsp3) is 1.00.